The highest BCUT2D eigenvalue weighted by atomic mass is 32.2. The summed E-state index contributed by atoms with van der Waals surface area (Å²) in [6.07, 6.45) is 1.30. The van der Waals surface area contributed by atoms with Gasteiger partial charge in [-0.05, 0) is 48.9 Å². The monoisotopic (exact) mass is 384 g/mol. The van der Waals surface area contributed by atoms with E-state index >= 15 is 0 Å². The molecule has 1 N–H and O–H groups in total. The highest BCUT2D eigenvalue weighted by molar-refractivity contribution is 7.89. The van der Waals surface area contributed by atoms with Crippen molar-refractivity contribution >= 4 is 15.9 Å². The van der Waals surface area contributed by atoms with Crippen LogP contribution in [0.2, 0.25) is 0 Å². The number of hydrogen-bond acceptors (Lipinski definition) is 3. The number of amides is 1. The zero-order chi connectivity index (χ0) is 19.5. The molecule has 0 bridgehead atoms. The molecule has 146 valence electrons. The minimum absolute atomic E-state index is 0.0576. The van der Waals surface area contributed by atoms with Gasteiger partial charge < -0.3 is 5.32 Å². The van der Waals surface area contributed by atoms with Crippen molar-refractivity contribution < 1.29 is 17.6 Å². The van der Waals surface area contributed by atoms with Gasteiger partial charge in [0.2, 0.25) is 15.9 Å². The van der Waals surface area contributed by atoms with Crippen molar-refractivity contribution in [3.63, 3.8) is 0 Å². The molecule has 1 aromatic carbocycles. The third-order valence-electron chi connectivity index (χ3n) is 4.95. The first-order valence-corrected chi connectivity index (χ1v) is 10.6. The van der Waals surface area contributed by atoms with Gasteiger partial charge in [-0.25, -0.2) is 12.8 Å². The van der Waals surface area contributed by atoms with E-state index in [1.54, 1.807) is 0 Å². The largest absolute Gasteiger partial charge is 0.353 e. The summed E-state index contributed by atoms with van der Waals surface area (Å²) in [5, 5.41) is 3.09. The van der Waals surface area contributed by atoms with Crippen molar-refractivity contribution in [2.24, 2.45) is 17.8 Å². The Bertz CT molecular complexity index is 709. The molecule has 1 aliphatic heterocycles. The van der Waals surface area contributed by atoms with Gasteiger partial charge in [-0.2, -0.15) is 4.31 Å². The number of nitrogens with zero attached hydrogens (tertiary/aromatic N) is 1. The number of halogens is 1. The number of hydrogen-bond donors (Lipinski definition) is 1. The molecule has 1 fully saturated rings. The van der Waals surface area contributed by atoms with Gasteiger partial charge in [0.25, 0.3) is 0 Å². The molecule has 1 heterocycles. The average molecular weight is 385 g/mol. The summed E-state index contributed by atoms with van der Waals surface area (Å²) in [5.74, 6) is -0.313. The SMILES string of the molecule is CC(C)C(NC(=O)[C@@H]1CCCN(S(=O)(=O)c2ccc(F)cc2)C1)C(C)C. The van der Waals surface area contributed by atoms with Gasteiger partial charge in [0.05, 0.1) is 10.8 Å². The van der Waals surface area contributed by atoms with Gasteiger partial charge in [-0.3, -0.25) is 4.79 Å². The summed E-state index contributed by atoms with van der Waals surface area (Å²) in [4.78, 5) is 12.7. The van der Waals surface area contributed by atoms with Gasteiger partial charge in [0, 0.05) is 19.1 Å². The maximum Gasteiger partial charge on any atom is 0.243 e. The van der Waals surface area contributed by atoms with Crippen LogP contribution in [0.25, 0.3) is 0 Å². The highest BCUT2D eigenvalue weighted by Crippen LogP contribution is 2.25. The first kappa shape index (κ1) is 20.8. The fourth-order valence-electron chi connectivity index (χ4n) is 3.52. The van der Waals surface area contributed by atoms with Crippen LogP contribution >= 0.6 is 0 Å². The predicted octanol–water partition coefficient (Wildman–Crippen LogP) is 3.02. The van der Waals surface area contributed by atoms with Crippen LogP contribution in [-0.2, 0) is 14.8 Å². The Morgan fingerprint density at radius 2 is 1.73 bits per heavy atom. The summed E-state index contributed by atoms with van der Waals surface area (Å²) >= 11 is 0. The Morgan fingerprint density at radius 3 is 2.27 bits per heavy atom. The van der Waals surface area contributed by atoms with Crippen molar-refractivity contribution in [3.8, 4) is 0 Å². The van der Waals surface area contributed by atoms with Crippen molar-refractivity contribution in [2.45, 2.75) is 51.5 Å². The maximum absolute atomic E-state index is 13.1. The van der Waals surface area contributed by atoms with Crippen LogP contribution < -0.4 is 5.32 Å². The zero-order valence-corrected chi connectivity index (χ0v) is 16.7. The maximum atomic E-state index is 13.1. The van der Waals surface area contributed by atoms with E-state index < -0.39 is 15.8 Å². The van der Waals surface area contributed by atoms with Crippen molar-refractivity contribution in [1.82, 2.24) is 9.62 Å². The van der Waals surface area contributed by atoms with Gasteiger partial charge in [0.15, 0.2) is 0 Å². The second kappa shape index (κ2) is 8.48. The quantitative estimate of drug-likeness (QED) is 0.820. The molecule has 0 aliphatic carbocycles. The fraction of sp³-hybridized carbons (Fsp3) is 0.632. The Balaban J connectivity index is 2.10. The van der Waals surface area contributed by atoms with Crippen LogP contribution in [0.15, 0.2) is 29.2 Å². The molecule has 0 saturated carbocycles. The van der Waals surface area contributed by atoms with E-state index in [9.17, 15) is 17.6 Å². The summed E-state index contributed by atoms with van der Waals surface area (Å²) < 4.78 is 40.0. The lowest BCUT2D eigenvalue weighted by Gasteiger charge is -2.33. The van der Waals surface area contributed by atoms with Crippen molar-refractivity contribution in [2.75, 3.05) is 13.1 Å². The molecule has 7 heteroatoms. The minimum atomic E-state index is -3.72. The van der Waals surface area contributed by atoms with Crippen LogP contribution in [0.3, 0.4) is 0 Å². The number of carbonyl (C=O) groups is 1. The Morgan fingerprint density at radius 1 is 1.15 bits per heavy atom. The molecule has 1 saturated heterocycles. The van der Waals surface area contributed by atoms with E-state index in [0.29, 0.717) is 31.2 Å². The third kappa shape index (κ3) is 4.82. The van der Waals surface area contributed by atoms with Crippen LogP contribution in [0.4, 0.5) is 4.39 Å². The summed E-state index contributed by atoms with van der Waals surface area (Å²) in [6, 6.07) is 4.86. The van der Waals surface area contributed by atoms with Crippen LogP contribution in [0.5, 0.6) is 0 Å². The third-order valence-corrected chi connectivity index (χ3v) is 6.83. The molecule has 0 spiro atoms. The van der Waals surface area contributed by atoms with Gasteiger partial charge in [-0.1, -0.05) is 27.7 Å². The molecule has 1 aromatic rings. The second-order valence-electron chi connectivity index (χ2n) is 7.68. The zero-order valence-electron chi connectivity index (χ0n) is 15.9. The Hall–Kier alpha value is -1.47. The summed E-state index contributed by atoms with van der Waals surface area (Å²) in [5.41, 5.74) is 0. The number of carbonyl (C=O) groups excluding carboxylic acids is 1. The first-order chi connectivity index (χ1) is 12.1. The molecule has 0 radical (unpaired) electrons. The van der Waals surface area contributed by atoms with Crippen LogP contribution in [0, 0.1) is 23.6 Å². The summed E-state index contributed by atoms with van der Waals surface area (Å²) in [6.45, 7) is 8.80. The second-order valence-corrected chi connectivity index (χ2v) is 9.62. The minimum Gasteiger partial charge on any atom is -0.353 e. The van der Waals surface area contributed by atoms with Crippen LogP contribution in [-0.4, -0.2) is 37.8 Å². The molecule has 1 atom stereocenters. The standard InChI is InChI=1S/C19H29FN2O3S/c1-13(2)18(14(3)4)21-19(23)15-6-5-11-22(12-15)26(24,25)17-9-7-16(20)8-10-17/h7-10,13-15,18H,5-6,11-12H2,1-4H3,(H,21,23)/t15-/m1/s1. The molecule has 5 nitrogen and oxygen atoms in total. The lowest BCUT2D eigenvalue weighted by molar-refractivity contribution is -0.127. The van der Waals surface area contributed by atoms with Crippen molar-refractivity contribution in [1.29, 1.82) is 0 Å². The molecule has 0 aromatic heterocycles. The molecule has 0 unspecified atom stereocenters. The van der Waals surface area contributed by atoms with E-state index in [-0.39, 0.29) is 29.3 Å². The number of nitrogens with one attached hydrogen (secondary N) is 1. The van der Waals surface area contributed by atoms with E-state index in [1.165, 1.54) is 16.4 Å². The van der Waals surface area contributed by atoms with E-state index in [4.69, 9.17) is 0 Å². The van der Waals surface area contributed by atoms with Crippen molar-refractivity contribution in [3.05, 3.63) is 30.1 Å². The molecular formula is C19H29FN2O3S. The van der Waals surface area contributed by atoms with E-state index in [0.717, 1.165) is 12.1 Å². The molecule has 2 rings (SSSR count). The molecule has 26 heavy (non-hydrogen) atoms. The molecular weight excluding hydrogens is 355 g/mol. The first-order valence-electron chi connectivity index (χ1n) is 9.19. The fourth-order valence-corrected chi connectivity index (χ4v) is 5.04. The van der Waals surface area contributed by atoms with E-state index in [1.807, 2.05) is 0 Å². The van der Waals surface area contributed by atoms with Gasteiger partial charge >= 0.3 is 0 Å². The highest BCUT2D eigenvalue weighted by Gasteiger charge is 2.34. The number of benzene rings is 1. The van der Waals surface area contributed by atoms with Crippen LogP contribution in [0.1, 0.15) is 40.5 Å². The molecule has 1 amide bonds. The Kier molecular flexibility index (Phi) is 6.80. The Labute approximate surface area is 156 Å². The average Bonchev–Trinajstić information content (AvgIpc) is 2.59. The summed E-state index contributed by atoms with van der Waals surface area (Å²) in [7, 11) is -3.72. The van der Waals surface area contributed by atoms with Gasteiger partial charge in [0.1, 0.15) is 5.82 Å². The number of sulfonamides is 1. The van der Waals surface area contributed by atoms with Gasteiger partial charge in [-0.15, -0.1) is 0 Å². The molecule has 1 aliphatic rings. The normalized spacial score (nSPS) is 19.3. The lowest BCUT2D eigenvalue weighted by Crippen LogP contribution is -2.49. The topological polar surface area (TPSA) is 66.5 Å². The smallest absolute Gasteiger partial charge is 0.243 e. The number of piperidine rings is 1. The van der Waals surface area contributed by atoms with E-state index in [2.05, 4.69) is 33.0 Å². The predicted molar refractivity (Wildman–Crippen MR) is 99.5 cm³/mol. The number of rotatable bonds is 6. The lowest BCUT2D eigenvalue weighted by atomic mass is 9.91.